The molecule has 1 aromatic carbocycles. The molecule has 1 rings (SSSR count). The van der Waals surface area contributed by atoms with Gasteiger partial charge in [-0.1, -0.05) is 28.9 Å². The maximum Gasteiger partial charge on any atom is 0.303 e. The Labute approximate surface area is 121 Å². The standard InChI is InChI=1S/C14H18BrNO3/c1-10(5-6-13(17)18)7-8-16-14(19)11-3-2-4-12(15)9-11/h2-4,9-10H,5-8H2,1H3,(H,16,19)(H,17,18). The average Bonchev–Trinajstić information content (AvgIpc) is 2.36. The second-order valence-corrected chi connectivity index (χ2v) is 5.51. The van der Waals surface area contributed by atoms with Gasteiger partial charge in [-0.2, -0.15) is 0 Å². The van der Waals surface area contributed by atoms with Crippen molar-refractivity contribution in [1.82, 2.24) is 5.32 Å². The predicted molar refractivity (Wildman–Crippen MR) is 77.1 cm³/mol. The number of carboxylic acids is 1. The number of carbonyl (C=O) groups excluding carboxylic acids is 1. The van der Waals surface area contributed by atoms with Crippen molar-refractivity contribution in [3.8, 4) is 0 Å². The number of aliphatic carboxylic acids is 1. The Bertz CT molecular complexity index is 448. The minimum Gasteiger partial charge on any atom is -0.481 e. The molecule has 0 fully saturated rings. The maximum absolute atomic E-state index is 11.8. The summed E-state index contributed by atoms with van der Waals surface area (Å²) in [7, 11) is 0. The van der Waals surface area contributed by atoms with Gasteiger partial charge in [0.15, 0.2) is 0 Å². The molecule has 1 unspecified atom stereocenters. The van der Waals surface area contributed by atoms with E-state index in [0.29, 0.717) is 24.4 Å². The number of carboxylic acid groups (broad SMARTS) is 1. The predicted octanol–water partition coefficient (Wildman–Crippen LogP) is 3.07. The lowest BCUT2D eigenvalue weighted by molar-refractivity contribution is -0.137. The third kappa shape index (κ3) is 6.38. The molecule has 0 bridgehead atoms. The Kier molecular flexibility index (Phi) is 6.56. The van der Waals surface area contributed by atoms with E-state index in [0.717, 1.165) is 10.9 Å². The zero-order valence-corrected chi connectivity index (χ0v) is 12.4. The van der Waals surface area contributed by atoms with Crippen molar-refractivity contribution in [3.63, 3.8) is 0 Å². The summed E-state index contributed by atoms with van der Waals surface area (Å²) in [6.07, 6.45) is 1.61. The lowest BCUT2D eigenvalue weighted by Gasteiger charge is -2.10. The van der Waals surface area contributed by atoms with Crippen LogP contribution in [-0.2, 0) is 4.79 Å². The van der Waals surface area contributed by atoms with Crippen LogP contribution in [0, 0.1) is 5.92 Å². The third-order valence-corrected chi connectivity index (χ3v) is 3.35. The van der Waals surface area contributed by atoms with Crippen LogP contribution in [0.1, 0.15) is 36.5 Å². The first-order valence-corrected chi connectivity index (χ1v) is 7.04. The van der Waals surface area contributed by atoms with Gasteiger partial charge in [0.25, 0.3) is 5.91 Å². The van der Waals surface area contributed by atoms with Crippen molar-refractivity contribution in [3.05, 3.63) is 34.3 Å². The first-order chi connectivity index (χ1) is 8.99. The smallest absolute Gasteiger partial charge is 0.303 e. The SMILES string of the molecule is CC(CCNC(=O)c1cccc(Br)c1)CCC(=O)O. The lowest BCUT2D eigenvalue weighted by atomic mass is 10.0. The number of hydrogen-bond acceptors (Lipinski definition) is 2. The molecule has 0 heterocycles. The summed E-state index contributed by atoms with van der Waals surface area (Å²) in [5, 5.41) is 11.4. The van der Waals surface area contributed by atoms with Crippen molar-refractivity contribution in [2.75, 3.05) is 6.54 Å². The molecule has 19 heavy (non-hydrogen) atoms. The Balaban J connectivity index is 2.29. The molecule has 1 atom stereocenters. The first kappa shape index (κ1) is 15.7. The van der Waals surface area contributed by atoms with E-state index >= 15 is 0 Å². The summed E-state index contributed by atoms with van der Waals surface area (Å²) in [5.41, 5.74) is 0.618. The zero-order chi connectivity index (χ0) is 14.3. The molecule has 0 aliphatic carbocycles. The van der Waals surface area contributed by atoms with Gasteiger partial charge in [-0.3, -0.25) is 9.59 Å². The summed E-state index contributed by atoms with van der Waals surface area (Å²) < 4.78 is 0.870. The summed E-state index contributed by atoms with van der Waals surface area (Å²) in [5.74, 6) is -0.587. The van der Waals surface area contributed by atoms with Gasteiger partial charge in [0, 0.05) is 23.0 Å². The largest absolute Gasteiger partial charge is 0.481 e. The van der Waals surface area contributed by atoms with E-state index in [9.17, 15) is 9.59 Å². The van der Waals surface area contributed by atoms with Crippen LogP contribution in [0.5, 0.6) is 0 Å². The molecule has 0 radical (unpaired) electrons. The Morgan fingerprint density at radius 2 is 2.11 bits per heavy atom. The number of rotatable bonds is 7. The Morgan fingerprint density at radius 3 is 2.74 bits per heavy atom. The van der Waals surface area contributed by atoms with E-state index in [1.807, 2.05) is 19.1 Å². The van der Waals surface area contributed by atoms with E-state index < -0.39 is 5.97 Å². The molecular weight excluding hydrogens is 310 g/mol. The van der Waals surface area contributed by atoms with Crippen LogP contribution < -0.4 is 5.32 Å². The molecule has 0 saturated heterocycles. The maximum atomic E-state index is 11.8. The number of hydrogen-bond donors (Lipinski definition) is 2. The van der Waals surface area contributed by atoms with Gasteiger partial charge in [0.05, 0.1) is 0 Å². The van der Waals surface area contributed by atoms with Crippen molar-refractivity contribution < 1.29 is 14.7 Å². The minimum atomic E-state index is -0.773. The fourth-order valence-electron chi connectivity index (χ4n) is 1.68. The molecule has 5 heteroatoms. The zero-order valence-electron chi connectivity index (χ0n) is 10.9. The normalized spacial score (nSPS) is 11.9. The summed E-state index contributed by atoms with van der Waals surface area (Å²) in [6, 6.07) is 7.20. The number of halogens is 1. The topological polar surface area (TPSA) is 66.4 Å². The second kappa shape index (κ2) is 7.94. The summed E-state index contributed by atoms with van der Waals surface area (Å²) in [4.78, 5) is 22.2. The van der Waals surface area contributed by atoms with Crippen LogP contribution in [0.15, 0.2) is 28.7 Å². The van der Waals surface area contributed by atoms with Crippen LogP contribution in [0.25, 0.3) is 0 Å². The molecule has 104 valence electrons. The fraction of sp³-hybridized carbons (Fsp3) is 0.429. The van der Waals surface area contributed by atoms with Crippen molar-refractivity contribution in [2.45, 2.75) is 26.2 Å². The molecule has 0 aliphatic heterocycles. The molecule has 1 aromatic rings. The number of benzene rings is 1. The van der Waals surface area contributed by atoms with Crippen LogP contribution in [0.4, 0.5) is 0 Å². The van der Waals surface area contributed by atoms with Gasteiger partial charge in [-0.15, -0.1) is 0 Å². The molecule has 2 N–H and O–H groups in total. The van der Waals surface area contributed by atoms with E-state index in [4.69, 9.17) is 5.11 Å². The molecule has 4 nitrogen and oxygen atoms in total. The molecule has 1 amide bonds. The highest BCUT2D eigenvalue weighted by atomic mass is 79.9. The van der Waals surface area contributed by atoms with Crippen molar-refractivity contribution >= 4 is 27.8 Å². The molecule has 0 saturated carbocycles. The summed E-state index contributed by atoms with van der Waals surface area (Å²) in [6.45, 7) is 2.56. The second-order valence-electron chi connectivity index (χ2n) is 4.59. The fourth-order valence-corrected chi connectivity index (χ4v) is 2.08. The molecule has 0 aliphatic rings. The molecular formula is C14H18BrNO3. The highest BCUT2D eigenvalue weighted by Crippen LogP contribution is 2.12. The highest BCUT2D eigenvalue weighted by molar-refractivity contribution is 9.10. The molecule has 0 spiro atoms. The first-order valence-electron chi connectivity index (χ1n) is 6.24. The minimum absolute atomic E-state index is 0.105. The molecule has 0 aromatic heterocycles. The van der Waals surface area contributed by atoms with Crippen LogP contribution in [-0.4, -0.2) is 23.5 Å². The Morgan fingerprint density at radius 1 is 1.37 bits per heavy atom. The van der Waals surface area contributed by atoms with Gasteiger partial charge in [0.2, 0.25) is 0 Å². The van der Waals surface area contributed by atoms with E-state index in [1.165, 1.54) is 0 Å². The lowest BCUT2D eigenvalue weighted by Crippen LogP contribution is -2.25. The van der Waals surface area contributed by atoms with Crippen LogP contribution in [0.2, 0.25) is 0 Å². The quantitative estimate of drug-likeness (QED) is 0.808. The number of carbonyl (C=O) groups is 2. The van der Waals surface area contributed by atoms with Gasteiger partial charge in [-0.05, 0) is 37.0 Å². The van der Waals surface area contributed by atoms with E-state index in [1.54, 1.807) is 12.1 Å². The van der Waals surface area contributed by atoms with Gasteiger partial charge in [-0.25, -0.2) is 0 Å². The number of amides is 1. The van der Waals surface area contributed by atoms with Gasteiger partial charge < -0.3 is 10.4 Å². The van der Waals surface area contributed by atoms with Crippen LogP contribution in [0.3, 0.4) is 0 Å². The van der Waals surface area contributed by atoms with Gasteiger partial charge in [0.1, 0.15) is 0 Å². The average molecular weight is 328 g/mol. The van der Waals surface area contributed by atoms with Gasteiger partial charge >= 0.3 is 5.97 Å². The van der Waals surface area contributed by atoms with Crippen molar-refractivity contribution in [2.24, 2.45) is 5.92 Å². The van der Waals surface area contributed by atoms with E-state index in [2.05, 4.69) is 21.2 Å². The third-order valence-electron chi connectivity index (χ3n) is 2.86. The number of nitrogens with one attached hydrogen (secondary N) is 1. The Hall–Kier alpha value is -1.36. The highest BCUT2D eigenvalue weighted by Gasteiger charge is 2.08. The van der Waals surface area contributed by atoms with E-state index in [-0.39, 0.29) is 12.3 Å². The van der Waals surface area contributed by atoms with Crippen LogP contribution >= 0.6 is 15.9 Å². The monoisotopic (exact) mass is 327 g/mol. The summed E-state index contributed by atoms with van der Waals surface area (Å²) >= 11 is 3.32. The van der Waals surface area contributed by atoms with Crippen molar-refractivity contribution in [1.29, 1.82) is 0 Å².